The van der Waals surface area contributed by atoms with Gasteiger partial charge in [-0.25, -0.2) is 9.13 Å². The maximum Gasteiger partial charge on any atom is 0.472 e. The Hall–Kier alpha value is -2.72. The van der Waals surface area contributed by atoms with E-state index in [9.17, 15) is 43.2 Å². The van der Waals surface area contributed by atoms with E-state index in [0.29, 0.717) is 25.7 Å². The summed E-state index contributed by atoms with van der Waals surface area (Å²) in [5.74, 6) is -2.14. The minimum absolute atomic E-state index is 0.0883. The Kier molecular flexibility index (Phi) is 76.4. The van der Waals surface area contributed by atoms with Crippen LogP contribution in [-0.4, -0.2) is 96.7 Å². The molecule has 0 saturated carbocycles. The van der Waals surface area contributed by atoms with Crippen LogP contribution >= 0.6 is 15.6 Å². The number of unbranched alkanes of at least 4 members (excludes halogenated alkanes) is 51. The second-order valence-corrected chi connectivity index (χ2v) is 32.4. The summed E-state index contributed by atoms with van der Waals surface area (Å²) in [4.78, 5) is 73.2. The Bertz CT molecular complexity index is 2110. The summed E-state index contributed by atoms with van der Waals surface area (Å²) >= 11 is 0. The van der Waals surface area contributed by atoms with Crippen LogP contribution in [0.25, 0.3) is 0 Å². The molecule has 19 heteroatoms. The van der Waals surface area contributed by atoms with Gasteiger partial charge in [0.25, 0.3) is 0 Å². The molecule has 17 nitrogen and oxygen atoms in total. The number of aliphatic hydroxyl groups excluding tert-OH is 1. The first-order valence-electron chi connectivity index (χ1n) is 43.2. The van der Waals surface area contributed by atoms with Crippen LogP contribution in [0.4, 0.5) is 0 Å². The van der Waals surface area contributed by atoms with Crippen LogP contribution in [0, 0.1) is 0 Å². The smallest absolute Gasteiger partial charge is 0.462 e. The van der Waals surface area contributed by atoms with Crippen LogP contribution in [0.3, 0.4) is 0 Å². The highest BCUT2D eigenvalue weighted by Crippen LogP contribution is 2.45. The lowest BCUT2D eigenvalue weighted by atomic mass is 10.0. The molecule has 0 aromatic heterocycles. The number of ether oxygens (including phenoxy) is 4. The van der Waals surface area contributed by atoms with Gasteiger partial charge in [0.2, 0.25) is 0 Å². The van der Waals surface area contributed by atoms with Crippen molar-refractivity contribution in [2.24, 2.45) is 0 Å². The molecular weight excluding hydrogens is 1350 g/mol. The predicted octanol–water partition coefficient (Wildman–Crippen LogP) is 25.5. The second kappa shape index (κ2) is 78.4. The van der Waals surface area contributed by atoms with Gasteiger partial charge in [0.05, 0.1) is 26.4 Å². The SMILES string of the molecule is CCCCC/C=C\C/C=C\CCCCCCCC(=O)OC[C@H](COP(=O)(O)OC[C@H](O)COP(=O)(O)OC[C@@H](COC(=O)CCCCCCCCCCCCCCCCCCC)OC(=O)CCCCCCCCCCCCCCCCCCC)OC(=O)CCCCCCC/C=C\CCCCCCCC. The van der Waals surface area contributed by atoms with Crippen molar-refractivity contribution in [3.63, 3.8) is 0 Å². The lowest BCUT2D eigenvalue weighted by molar-refractivity contribution is -0.161. The Balaban J connectivity index is 5.32. The van der Waals surface area contributed by atoms with Crippen LogP contribution < -0.4 is 0 Å². The number of phosphoric ester groups is 2. The number of rotatable bonds is 83. The normalized spacial score (nSPS) is 14.0. The van der Waals surface area contributed by atoms with E-state index in [1.54, 1.807) is 0 Å². The van der Waals surface area contributed by atoms with Crippen LogP contribution in [0.2, 0.25) is 0 Å². The van der Waals surface area contributed by atoms with Crippen molar-refractivity contribution in [3.05, 3.63) is 36.5 Å². The van der Waals surface area contributed by atoms with Crippen molar-refractivity contribution in [2.45, 2.75) is 444 Å². The average Bonchev–Trinajstić information content (AvgIpc) is 0.926. The van der Waals surface area contributed by atoms with E-state index in [1.807, 2.05) is 0 Å². The van der Waals surface area contributed by atoms with Crippen molar-refractivity contribution in [2.75, 3.05) is 39.6 Å². The first-order valence-corrected chi connectivity index (χ1v) is 46.2. The van der Waals surface area contributed by atoms with Gasteiger partial charge in [-0.3, -0.25) is 37.3 Å². The van der Waals surface area contributed by atoms with Crippen molar-refractivity contribution < 1.29 is 80.2 Å². The summed E-state index contributed by atoms with van der Waals surface area (Å²) in [6.45, 7) is 4.96. The van der Waals surface area contributed by atoms with Gasteiger partial charge in [0, 0.05) is 25.7 Å². The summed E-state index contributed by atoms with van der Waals surface area (Å²) in [5.41, 5.74) is 0. The molecule has 0 saturated heterocycles. The van der Waals surface area contributed by atoms with Crippen molar-refractivity contribution in [1.82, 2.24) is 0 Å². The number of phosphoric acid groups is 2. The molecule has 0 aromatic rings. The first kappa shape index (κ1) is 101. The van der Waals surface area contributed by atoms with E-state index in [0.717, 1.165) is 128 Å². The second-order valence-electron chi connectivity index (χ2n) is 29.5. The number of allylic oxidation sites excluding steroid dienone is 6. The number of esters is 4. The van der Waals surface area contributed by atoms with Gasteiger partial charge in [-0.15, -0.1) is 0 Å². The molecule has 0 aliphatic rings. The average molecular weight is 1520 g/mol. The third-order valence-corrected chi connectivity index (χ3v) is 21.0. The molecule has 612 valence electrons. The number of carbonyl (C=O) groups excluding carboxylic acids is 4. The number of hydrogen-bond acceptors (Lipinski definition) is 15. The zero-order valence-corrected chi connectivity index (χ0v) is 69.0. The Labute approximate surface area is 636 Å². The van der Waals surface area contributed by atoms with E-state index < -0.39 is 97.5 Å². The van der Waals surface area contributed by atoms with E-state index in [2.05, 4.69) is 64.2 Å². The number of hydrogen-bond donors (Lipinski definition) is 3. The molecule has 5 atom stereocenters. The molecule has 0 aromatic carbocycles. The largest absolute Gasteiger partial charge is 0.472 e. The topological polar surface area (TPSA) is 237 Å². The van der Waals surface area contributed by atoms with Crippen molar-refractivity contribution in [1.29, 1.82) is 0 Å². The highest BCUT2D eigenvalue weighted by molar-refractivity contribution is 7.47. The van der Waals surface area contributed by atoms with Crippen molar-refractivity contribution >= 4 is 39.5 Å². The standard InChI is InChI=1S/C85H160O17P2/c1-5-9-13-17-21-25-29-33-37-39-43-46-50-54-58-62-66-70-83(88)96-76-81(102-85(90)72-68-64-60-56-52-48-44-40-38-34-30-26-22-18-14-10-6-2)78-100-104(93,94)98-74-79(86)73-97-103(91,92)99-77-80(101-84(89)71-67-63-59-55-51-47-42-36-32-28-24-20-16-12-8-4)75-95-82(87)69-65-61-57-53-49-45-41-35-31-27-23-19-15-11-7-3/h23,27,35-36,41-42,79-81,86H,5-22,24-26,28-34,37-40,43-78H2,1-4H3,(H,91,92)(H,93,94)/b27-23-,41-35-,42-36-/t79-,80+,81+/m0/s1. The molecule has 0 bridgehead atoms. The molecule has 0 spiro atoms. The number of carbonyl (C=O) groups is 4. The molecule has 0 amide bonds. The third kappa shape index (κ3) is 77.4. The van der Waals surface area contributed by atoms with E-state index in [-0.39, 0.29) is 25.7 Å². The summed E-state index contributed by atoms with van der Waals surface area (Å²) in [6, 6.07) is 0. The lowest BCUT2D eigenvalue weighted by Gasteiger charge is -2.21. The van der Waals surface area contributed by atoms with Gasteiger partial charge in [-0.1, -0.05) is 353 Å². The minimum atomic E-state index is -4.97. The fourth-order valence-corrected chi connectivity index (χ4v) is 14.1. The maximum absolute atomic E-state index is 13.1. The molecule has 0 aliphatic carbocycles. The van der Waals surface area contributed by atoms with Gasteiger partial charge >= 0.3 is 39.5 Å². The summed E-state index contributed by atoms with van der Waals surface area (Å²) < 4.78 is 68.8. The fourth-order valence-electron chi connectivity index (χ4n) is 12.5. The van der Waals surface area contributed by atoms with E-state index >= 15 is 0 Å². The van der Waals surface area contributed by atoms with Crippen molar-refractivity contribution in [3.8, 4) is 0 Å². The van der Waals surface area contributed by atoms with E-state index in [1.165, 1.54) is 218 Å². The van der Waals surface area contributed by atoms with Crippen LogP contribution in [-0.2, 0) is 65.4 Å². The van der Waals surface area contributed by atoms with Crippen LogP contribution in [0.1, 0.15) is 426 Å². The maximum atomic E-state index is 13.1. The highest BCUT2D eigenvalue weighted by Gasteiger charge is 2.30. The van der Waals surface area contributed by atoms with Crippen LogP contribution in [0.5, 0.6) is 0 Å². The van der Waals surface area contributed by atoms with Gasteiger partial charge in [0.1, 0.15) is 19.3 Å². The fraction of sp³-hybridized carbons (Fsp3) is 0.882. The quantitative estimate of drug-likeness (QED) is 0.0169. The molecule has 0 heterocycles. The molecule has 2 unspecified atom stereocenters. The number of aliphatic hydroxyl groups is 1. The Morgan fingerprint density at radius 3 is 0.740 bits per heavy atom. The Morgan fingerprint density at radius 1 is 0.269 bits per heavy atom. The molecule has 0 fully saturated rings. The zero-order chi connectivity index (χ0) is 76.0. The minimum Gasteiger partial charge on any atom is -0.462 e. The molecule has 0 radical (unpaired) electrons. The van der Waals surface area contributed by atoms with E-state index in [4.69, 9.17) is 37.0 Å². The third-order valence-electron chi connectivity index (χ3n) is 19.1. The molecular formula is C85H160O17P2. The summed E-state index contributed by atoms with van der Waals surface area (Å²) in [7, 11) is -9.94. The van der Waals surface area contributed by atoms with Gasteiger partial charge in [-0.05, 0) is 83.5 Å². The van der Waals surface area contributed by atoms with Gasteiger partial charge in [-0.2, -0.15) is 0 Å². The lowest BCUT2D eigenvalue weighted by Crippen LogP contribution is -2.30. The molecule has 3 N–H and O–H groups in total. The predicted molar refractivity (Wildman–Crippen MR) is 428 cm³/mol. The van der Waals surface area contributed by atoms with Crippen LogP contribution in [0.15, 0.2) is 36.5 Å². The summed E-state index contributed by atoms with van der Waals surface area (Å²) in [5, 5.41) is 10.7. The highest BCUT2D eigenvalue weighted by atomic mass is 31.2. The van der Waals surface area contributed by atoms with Gasteiger partial charge in [0.15, 0.2) is 12.2 Å². The zero-order valence-electron chi connectivity index (χ0n) is 67.2. The molecule has 104 heavy (non-hydrogen) atoms. The first-order chi connectivity index (χ1) is 50.7. The molecule has 0 aliphatic heterocycles. The Morgan fingerprint density at radius 2 is 0.471 bits per heavy atom. The van der Waals surface area contributed by atoms with Gasteiger partial charge < -0.3 is 33.8 Å². The molecule has 0 rings (SSSR count). The summed E-state index contributed by atoms with van der Waals surface area (Å²) in [6.07, 6.45) is 76.7. The monoisotopic (exact) mass is 1520 g/mol.